The zero-order chi connectivity index (χ0) is 19.1. The lowest BCUT2D eigenvalue weighted by molar-refractivity contribution is -0.134. The molecule has 1 saturated heterocycles. The highest BCUT2D eigenvalue weighted by atomic mass is 19.1. The van der Waals surface area contributed by atoms with Crippen molar-refractivity contribution in [1.29, 1.82) is 0 Å². The number of esters is 1. The lowest BCUT2D eigenvalue weighted by Crippen LogP contribution is -2.38. The molecular weight excluding hydrogens is 343 g/mol. The number of carbonyl (C=O) groups is 1. The van der Waals surface area contributed by atoms with Crippen LogP contribution in [0.1, 0.15) is 24.0 Å². The van der Waals surface area contributed by atoms with Gasteiger partial charge in [-0.1, -0.05) is 30.3 Å². The Bertz CT molecular complexity index is 784. The Morgan fingerprint density at radius 2 is 1.96 bits per heavy atom. The van der Waals surface area contributed by atoms with Crippen LogP contribution in [-0.2, 0) is 16.1 Å². The number of nitrogens with zero attached hydrogens (tertiary/aromatic N) is 1. The molecule has 1 N–H and O–H groups in total. The average Bonchev–Trinajstić information content (AvgIpc) is 2.70. The number of benzene rings is 2. The van der Waals surface area contributed by atoms with Gasteiger partial charge in [-0.2, -0.15) is 0 Å². The fourth-order valence-corrected chi connectivity index (χ4v) is 3.30. The van der Waals surface area contributed by atoms with Crippen molar-refractivity contribution in [2.24, 2.45) is 0 Å². The maximum atomic E-state index is 13.9. The lowest BCUT2D eigenvalue weighted by Gasteiger charge is -2.33. The van der Waals surface area contributed by atoms with Crippen molar-refractivity contribution < 1.29 is 13.9 Å². The van der Waals surface area contributed by atoms with Crippen LogP contribution < -0.4 is 5.32 Å². The van der Waals surface area contributed by atoms with Crippen molar-refractivity contribution in [2.75, 3.05) is 25.5 Å². The van der Waals surface area contributed by atoms with Crippen LogP contribution in [0.2, 0.25) is 0 Å². The quantitative estimate of drug-likeness (QED) is 0.616. The molecule has 0 aliphatic carbocycles. The second-order valence-electron chi connectivity index (χ2n) is 6.77. The monoisotopic (exact) mass is 368 g/mol. The first-order valence-corrected chi connectivity index (χ1v) is 9.22. The molecule has 0 spiro atoms. The number of methoxy groups -OCH3 is 1. The van der Waals surface area contributed by atoms with E-state index in [4.69, 9.17) is 0 Å². The maximum absolute atomic E-state index is 13.9. The summed E-state index contributed by atoms with van der Waals surface area (Å²) in [6, 6.07) is 15.8. The molecule has 27 heavy (non-hydrogen) atoms. The van der Waals surface area contributed by atoms with Crippen LogP contribution in [0.15, 0.2) is 54.6 Å². The highest BCUT2D eigenvalue weighted by molar-refractivity contribution is 5.87. The van der Waals surface area contributed by atoms with Gasteiger partial charge < -0.3 is 10.1 Å². The normalized spacial score (nSPS) is 15.8. The Morgan fingerprint density at radius 1 is 1.22 bits per heavy atom. The molecule has 1 aliphatic heterocycles. The second kappa shape index (κ2) is 9.33. The van der Waals surface area contributed by atoms with Crippen LogP contribution in [0, 0.1) is 5.82 Å². The molecule has 5 heteroatoms. The number of anilines is 1. The number of carbonyl (C=O) groups excluding carboxylic acids is 1. The van der Waals surface area contributed by atoms with E-state index >= 15 is 0 Å². The van der Waals surface area contributed by atoms with Gasteiger partial charge >= 0.3 is 5.97 Å². The van der Waals surface area contributed by atoms with Crippen LogP contribution in [0.3, 0.4) is 0 Å². The fraction of sp³-hybridized carbons (Fsp3) is 0.318. The van der Waals surface area contributed by atoms with Gasteiger partial charge in [-0.15, -0.1) is 0 Å². The van der Waals surface area contributed by atoms with Gasteiger partial charge in [0.15, 0.2) is 0 Å². The number of nitrogens with one attached hydrogen (secondary N) is 1. The standard InChI is InChI=1S/C22H25FN2O2/c1-27-22(26)10-7-18-15-20(8-9-21(18)23)24-19-11-13-25(14-12-19)16-17-5-3-2-4-6-17/h2-10,15,19,24H,11-14,16H2,1H3. The summed E-state index contributed by atoms with van der Waals surface area (Å²) in [5.74, 6) is -0.864. The van der Waals surface area contributed by atoms with E-state index in [0.717, 1.165) is 38.2 Å². The smallest absolute Gasteiger partial charge is 0.330 e. The molecule has 2 aromatic rings. The number of hydrogen-bond donors (Lipinski definition) is 1. The summed E-state index contributed by atoms with van der Waals surface area (Å²) in [6.07, 6.45) is 4.74. The summed E-state index contributed by atoms with van der Waals surface area (Å²) in [5.41, 5.74) is 2.57. The average molecular weight is 368 g/mol. The van der Waals surface area contributed by atoms with Crippen molar-refractivity contribution in [3.05, 3.63) is 71.6 Å². The largest absolute Gasteiger partial charge is 0.466 e. The van der Waals surface area contributed by atoms with Gasteiger partial charge in [0.25, 0.3) is 0 Å². The predicted octanol–water partition coefficient (Wildman–Crippen LogP) is 4.09. The molecule has 2 aromatic carbocycles. The third-order valence-electron chi connectivity index (χ3n) is 4.80. The summed E-state index contributed by atoms with van der Waals surface area (Å²) >= 11 is 0. The number of rotatable bonds is 6. The first kappa shape index (κ1) is 19.1. The summed E-state index contributed by atoms with van der Waals surface area (Å²) in [6.45, 7) is 3.04. The van der Waals surface area contributed by atoms with E-state index in [2.05, 4.69) is 39.2 Å². The first-order valence-electron chi connectivity index (χ1n) is 9.22. The minimum Gasteiger partial charge on any atom is -0.466 e. The Kier molecular flexibility index (Phi) is 6.60. The van der Waals surface area contributed by atoms with Gasteiger partial charge in [0.05, 0.1) is 7.11 Å². The molecule has 0 radical (unpaired) electrons. The highest BCUT2D eigenvalue weighted by Crippen LogP contribution is 2.21. The van der Waals surface area contributed by atoms with Crippen molar-refractivity contribution in [3.63, 3.8) is 0 Å². The topological polar surface area (TPSA) is 41.6 Å². The SMILES string of the molecule is COC(=O)C=Cc1cc(NC2CCN(Cc3ccccc3)CC2)ccc1F. The van der Waals surface area contributed by atoms with Gasteiger partial charge in [0, 0.05) is 43.0 Å². The van der Waals surface area contributed by atoms with Crippen LogP contribution in [-0.4, -0.2) is 37.1 Å². The maximum Gasteiger partial charge on any atom is 0.330 e. The van der Waals surface area contributed by atoms with Crippen LogP contribution in [0.4, 0.5) is 10.1 Å². The molecule has 4 nitrogen and oxygen atoms in total. The van der Waals surface area contributed by atoms with E-state index in [0.29, 0.717) is 11.6 Å². The molecular formula is C22H25FN2O2. The molecule has 1 heterocycles. The molecule has 1 aliphatic rings. The van der Waals surface area contributed by atoms with E-state index in [-0.39, 0.29) is 5.82 Å². The Labute approximate surface area is 159 Å². The summed E-state index contributed by atoms with van der Waals surface area (Å²) in [4.78, 5) is 13.7. The van der Waals surface area contributed by atoms with Gasteiger partial charge in [0.2, 0.25) is 0 Å². The van der Waals surface area contributed by atoms with Crippen molar-refractivity contribution in [3.8, 4) is 0 Å². The van der Waals surface area contributed by atoms with Gasteiger partial charge in [-0.25, -0.2) is 9.18 Å². The Hall–Kier alpha value is -2.66. The molecule has 0 saturated carbocycles. The second-order valence-corrected chi connectivity index (χ2v) is 6.77. The molecule has 142 valence electrons. The third-order valence-corrected chi connectivity index (χ3v) is 4.80. The number of piperidine rings is 1. The molecule has 0 bridgehead atoms. The molecule has 0 unspecified atom stereocenters. The van der Waals surface area contributed by atoms with E-state index in [1.165, 1.54) is 30.9 Å². The predicted molar refractivity (Wildman–Crippen MR) is 106 cm³/mol. The van der Waals surface area contributed by atoms with Crippen molar-refractivity contribution in [2.45, 2.75) is 25.4 Å². The summed E-state index contributed by atoms with van der Waals surface area (Å²) < 4.78 is 18.5. The van der Waals surface area contributed by atoms with Gasteiger partial charge in [-0.3, -0.25) is 4.90 Å². The van der Waals surface area contributed by atoms with Crippen molar-refractivity contribution in [1.82, 2.24) is 4.90 Å². The minimum absolute atomic E-state index is 0.361. The van der Waals surface area contributed by atoms with Crippen LogP contribution in [0.25, 0.3) is 6.08 Å². The van der Waals surface area contributed by atoms with Gasteiger partial charge in [-0.05, 0) is 42.7 Å². The molecule has 3 rings (SSSR count). The summed E-state index contributed by atoms with van der Waals surface area (Å²) in [5, 5.41) is 3.49. The van der Waals surface area contributed by atoms with Crippen LogP contribution in [0.5, 0.6) is 0 Å². The summed E-state index contributed by atoms with van der Waals surface area (Å²) in [7, 11) is 1.30. The number of hydrogen-bond acceptors (Lipinski definition) is 4. The third kappa shape index (κ3) is 5.66. The minimum atomic E-state index is -0.501. The number of ether oxygens (including phenoxy) is 1. The number of halogens is 1. The molecule has 0 aromatic heterocycles. The van der Waals surface area contributed by atoms with E-state index in [9.17, 15) is 9.18 Å². The molecule has 1 fully saturated rings. The Morgan fingerprint density at radius 3 is 2.67 bits per heavy atom. The zero-order valence-corrected chi connectivity index (χ0v) is 15.5. The highest BCUT2D eigenvalue weighted by Gasteiger charge is 2.19. The molecule has 0 atom stereocenters. The fourth-order valence-electron chi connectivity index (χ4n) is 3.30. The Balaban J connectivity index is 1.54. The van der Waals surface area contributed by atoms with Crippen LogP contribution >= 0.6 is 0 Å². The van der Waals surface area contributed by atoms with Crippen molar-refractivity contribution >= 4 is 17.7 Å². The lowest BCUT2D eigenvalue weighted by atomic mass is 10.0. The van der Waals surface area contributed by atoms with E-state index < -0.39 is 5.97 Å². The molecule has 0 amide bonds. The zero-order valence-electron chi connectivity index (χ0n) is 15.5. The van der Waals surface area contributed by atoms with Gasteiger partial charge in [0.1, 0.15) is 5.82 Å². The first-order chi connectivity index (χ1) is 13.1. The van der Waals surface area contributed by atoms with E-state index in [1.54, 1.807) is 12.1 Å². The number of likely N-dealkylation sites (tertiary alicyclic amines) is 1. The van der Waals surface area contributed by atoms with E-state index in [1.807, 2.05) is 6.07 Å².